The molecule has 0 atom stereocenters. The van der Waals surface area contributed by atoms with Gasteiger partial charge in [-0.05, 0) is 41.2 Å². The van der Waals surface area contributed by atoms with Gasteiger partial charge in [0.2, 0.25) is 0 Å². The zero-order chi connectivity index (χ0) is 27.2. The van der Waals surface area contributed by atoms with E-state index >= 15 is 0 Å². The van der Waals surface area contributed by atoms with Crippen molar-refractivity contribution in [3.63, 3.8) is 0 Å². The first-order valence-corrected chi connectivity index (χ1v) is 16.8. The molecule has 0 aromatic heterocycles. The van der Waals surface area contributed by atoms with Crippen LogP contribution < -0.4 is 0 Å². The minimum atomic E-state index is 0.346. The molecule has 0 aliphatic heterocycles. The van der Waals surface area contributed by atoms with Gasteiger partial charge in [-0.3, -0.25) is 0 Å². The molecular formula is C34H55IO3. The Bertz CT molecular complexity index is 634. The van der Waals surface area contributed by atoms with Gasteiger partial charge in [-0.15, -0.1) is 0 Å². The van der Waals surface area contributed by atoms with Gasteiger partial charge >= 0.3 is 0 Å². The molecule has 0 saturated heterocycles. The summed E-state index contributed by atoms with van der Waals surface area (Å²) >= 11 is 2.46. The van der Waals surface area contributed by atoms with Crippen molar-refractivity contribution >= 4 is 22.6 Å². The first kappa shape index (κ1) is 35.1. The zero-order valence-corrected chi connectivity index (χ0v) is 26.1. The van der Waals surface area contributed by atoms with E-state index in [1.54, 1.807) is 0 Å². The molecule has 216 valence electrons. The van der Waals surface area contributed by atoms with Crippen molar-refractivity contribution in [3.05, 3.63) is 71.8 Å². The lowest BCUT2D eigenvalue weighted by Crippen LogP contribution is -1.95. The quantitative estimate of drug-likeness (QED) is 0.0707. The lowest BCUT2D eigenvalue weighted by Gasteiger charge is -2.04. The number of aliphatic hydroxyl groups is 1. The Labute approximate surface area is 248 Å². The molecule has 0 saturated carbocycles. The largest absolute Gasteiger partial charge is 0.396 e. The number of unbranched alkanes of at least 4 members (excludes halogenated alkanes) is 14. The van der Waals surface area contributed by atoms with Crippen LogP contribution in [-0.4, -0.2) is 29.4 Å². The molecule has 2 aromatic rings. The molecule has 0 fully saturated rings. The molecule has 38 heavy (non-hydrogen) atoms. The van der Waals surface area contributed by atoms with Gasteiger partial charge in [0.15, 0.2) is 0 Å². The summed E-state index contributed by atoms with van der Waals surface area (Å²) in [6.07, 6.45) is 20.8. The summed E-state index contributed by atoms with van der Waals surface area (Å²) in [4.78, 5) is 0. The van der Waals surface area contributed by atoms with Crippen molar-refractivity contribution in [1.82, 2.24) is 0 Å². The van der Waals surface area contributed by atoms with Gasteiger partial charge in [0, 0.05) is 19.8 Å². The third kappa shape index (κ3) is 24.1. The molecule has 0 aliphatic rings. The van der Waals surface area contributed by atoms with Crippen LogP contribution in [0.4, 0.5) is 0 Å². The molecule has 0 spiro atoms. The van der Waals surface area contributed by atoms with E-state index in [-0.39, 0.29) is 0 Å². The van der Waals surface area contributed by atoms with Crippen LogP contribution in [0.5, 0.6) is 0 Å². The third-order valence-corrected chi connectivity index (χ3v) is 7.35. The molecule has 0 heterocycles. The first-order chi connectivity index (χ1) is 18.9. The van der Waals surface area contributed by atoms with E-state index < -0.39 is 0 Å². The first-order valence-electron chi connectivity index (χ1n) is 15.3. The summed E-state index contributed by atoms with van der Waals surface area (Å²) in [5.41, 5.74) is 2.53. The maximum absolute atomic E-state index is 8.66. The predicted octanol–water partition coefficient (Wildman–Crippen LogP) is 10.1. The van der Waals surface area contributed by atoms with Gasteiger partial charge in [-0.1, -0.05) is 160 Å². The average molecular weight is 639 g/mol. The smallest absolute Gasteiger partial charge is 0.0716 e. The van der Waals surface area contributed by atoms with E-state index in [1.807, 2.05) is 12.1 Å². The van der Waals surface area contributed by atoms with Gasteiger partial charge in [0.05, 0.1) is 13.2 Å². The summed E-state index contributed by atoms with van der Waals surface area (Å²) in [7, 11) is 0. The minimum Gasteiger partial charge on any atom is -0.396 e. The highest BCUT2D eigenvalue weighted by Gasteiger charge is 1.95. The van der Waals surface area contributed by atoms with Gasteiger partial charge in [0.1, 0.15) is 0 Å². The van der Waals surface area contributed by atoms with Gasteiger partial charge in [-0.25, -0.2) is 0 Å². The molecule has 4 heteroatoms. The average Bonchev–Trinajstić information content (AvgIpc) is 2.96. The standard InChI is InChI=1S/C17H27IO.C17H28O2/c2*18-14-10-5-3-1-2-4-6-11-15-19-16-17-12-8-7-9-13-17/h7-9,12-13H,1-6,10-11,14-16H2;7-9,12-13,18H,1-6,10-11,14-16H2. The molecule has 2 rings (SSSR count). The molecule has 3 nitrogen and oxygen atoms in total. The summed E-state index contributed by atoms with van der Waals surface area (Å²) in [6.45, 7) is 3.63. The van der Waals surface area contributed by atoms with Crippen LogP contribution >= 0.6 is 22.6 Å². The second-order valence-electron chi connectivity index (χ2n) is 10.1. The molecule has 0 aliphatic carbocycles. The number of hydrogen-bond donors (Lipinski definition) is 1. The van der Waals surface area contributed by atoms with Gasteiger partial charge in [0.25, 0.3) is 0 Å². The van der Waals surface area contributed by atoms with Crippen molar-refractivity contribution in [2.45, 2.75) is 116 Å². The monoisotopic (exact) mass is 638 g/mol. The Kier molecular flexibility index (Phi) is 26.8. The SMILES string of the molecule is ICCCCCCCCCCOCc1ccccc1.OCCCCCCCCCCOCc1ccccc1. The summed E-state index contributed by atoms with van der Waals surface area (Å²) in [6, 6.07) is 20.8. The Hall–Kier alpha value is -0.950. The van der Waals surface area contributed by atoms with E-state index in [1.165, 1.54) is 112 Å². The van der Waals surface area contributed by atoms with Crippen molar-refractivity contribution in [1.29, 1.82) is 0 Å². The number of ether oxygens (including phenoxy) is 2. The Morgan fingerprint density at radius 1 is 0.447 bits per heavy atom. The Balaban J connectivity index is 0.000000380. The van der Waals surface area contributed by atoms with Crippen LogP contribution in [0.2, 0.25) is 0 Å². The van der Waals surface area contributed by atoms with Crippen molar-refractivity contribution in [2.24, 2.45) is 0 Å². The van der Waals surface area contributed by atoms with Gasteiger partial charge < -0.3 is 14.6 Å². The second kappa shape index (κ2) is 29.0. The third-order valence-electron chi connectivity index (χ3n) is 6.59. The zero-order valence-electron chi connectivity index (χ0n) is 24.0. The van der Waals surface area contributed by atoms with Crippen molar-refractivity contribution < 1.29 is 14.6 Å². The van der Waals surface area contributed by atoms with Crippen LogP contribution in [0.15, 0.2) is 60.7 Å². The number of alkyl halides is 1. The molecule has 2 aromatic carbocycles. The van der Waals surface area contributed by atoms with E-state index in [4.69, 9.17) is 14.6 Å². The predicted molar refractivity (Wildman–Crippen MR) is 172 cm³/mol. The normalized spacial score (nSPS) is 10.8. The lowest BCUT2D eigenvalue weighted by molar-refractivity contribution is 0.116. The van der Waals surface area contributed by atoms with Crippen LogP contribution in [0.3, 0.4) is 0 Å². The molecule has 1 N–H and O–H groups in total. The maximum atomic E-state index is 8.66. The highest BCUT2D eigenvalue weighted by molar-refractivity contribution is 14.1. The van der Waals surface area contributed by atoms with Crippen molar-refractivity contribution in [3.8, 4) is 0 Å². The molecular weight excluding hydrogens is 583 g/mol. The number of halogens is 1. The van der Waals surface area contributed by atoms with Crippen LogP contribution in [-0.2, 0) is 22.7 Å². The van der Waals surface area contributed by atoms with E-state index in [9.17, 15) is 0 Å². The fourth-order valence-corrected chi connectivity index (χ4v) is 4.80. The fourth-order valence-electron chi connectivity index (χ4n) is 4.26. The number of aliphatic hydroxyl groups excluding tert-OH is 1. The maximum Gasteiger partial charge on any atom is 0.0716 e. The van der Waals surface area contributed by atoms with Crippen LogP contribution in [0, 0.1) is 0 Å². The molecule has 0 unspecified atom stereocenters. The fraction of sp³-hybridized carbons (Fsp3) is 0.647. The second-order valence-corrected chi connectivity index (χ2v) is 11.2. The van der Waals surface area contributed by atoms with Gasteiger partial charge in [-0.2, -0.15) is 0 Å². The van der Waals surface area contributed by atoms with Crippen LogP contribution in [0.1, 0.15) is 114 Å². The van der Waals surface area contributed by atoms with E-state index in [0.717, 1.165) is 32.8 Å². The van der Waals surface area contributed by atoms with E-state index in [0.29, 0.717) is 6.61 Å². The molecule has 0 bridgehead atoms. The summed E-state index contributed by atoms with van der Waals surface area (Å²) in [5.74, 6) is 0. The molecule has 0 radical (unpaired) electrons. The Morgan fingerprint density at radius 2 is 0.789 bits per heavy atom. The molecule has 0 amide bonds. The highest BCUT2D eigenvalue weighted by atomic mass is 127. The number of benzene rings is 2. The summed E-state index contributed by atoms with van der Waals surface area (Å²) < 4.78 is 12.6. The number of rotatable bonds is 24. The topological polar surface area (TPSA) is 38.7 Å². The van der Waals surface area contributed by atoms with Crippen molar-refractivity contribution in [2.75, 3.05) is 24.2 Å². The van der Waals surface area contributed by atoms with E-state index in [2.05, 4.69) is 71.1 Å². The lowest BCUT2D eigenvalue weighted by atomic mass is 10.1. The summed E-state index contributed by atoms with van der Waals surface area (Å²) in [5, 5.41) is 8.66. The van der Waals surface area contributed by atoms with Crippen LogP contribution in [0.25, 0.3) is 0 Å². The minimum absolute atomic E-state index is 0.346. The highest BCUT2D eigenvalue weighted by Crippen LogP contribution is 2.11. The Morgan fingerprint density at radius 3 is 1.16 bits per heavy atom. The number of hydrogen-bond acceptors (Lipinski definition) is 3.